The van der Waals surface area contributed by atoms with Gasteiger partial charge >= 0.3 is 0 Å². The van der Waals surface area contributed by atoms with Crippen molar-refractivity contribution in [3.63, 3.8) is 0 Å². The van der Waals surface area contributed by atoms with E-state index in [4.69, 9.17) is 4.74 Å². The minimum absolute atomic E-state index is 0.445. The number of benzene rings is 1. The van der Waals surface area contributed by atoms with Crippen LogP contribution in [-0.4, -0.2) is 4.98 Å². The Hall–Kier alpha value is -2.34. The molecule has 0 amide bonds. The van der Waals surface area contributed by atoms with Gasteiger partial charge in [-0.05, 0) is 49.3 Å². The molecule has 0 saturated carbocycles. The monoisotopic (exact) mass is 278 g/mol. The highest BCUT2D eigenvalue weighted by Gasteiger charge is 2.21. The SMILES string of the molecule is Cc1nc(OCc2ccccc2)c(C#N)c2c1CCCC2. The van der Waals surface area contributed by atoms with Crippen LogP contribution in [-0.2, 0) is 19.4 Å². The number of nitriles is 1. The van der Waals surface area contributed by atoms with Gasteiger partial charge in [0.05, 0.1) is 0 Å². The number of nitrogens with zero attached hydrogens (tertiary/aromatic N) is 2. The number of fused-ring (bicyclic) bond motifs is 1. The van der Waals surface area contributed by atoms with E-state index in [2.05, 4.69) is 11.1 Å². The lowest BCUT2D eigenvalue weighted by atomic mass is 9.88. The van der Waals surface area contributed by atoms with E-state index >= 15 is 0 Å². The molecule has 1 heterocycles. The van der Waals surface area contributed by atoms with Crippen LogP contribution in [0, 0.1) is 18.3 Å². The third kappa shape index (κ3) is 2.75. The minimum Gasteiger partial charge on any atom is -0.472 e. The molecular weight excluding hydrogens is 260 g/mol. The first-order valence-electron chi connectivity index (χ1n) is 7.38. The van der Waals surface area contributed by atoms with Crippen molar-refractivity contribution in [2.24, 2.45) is 0 Å². The summed E-state index contributed by atoms with van der Waals surface area (Å²) in [6.45, 7) is 2.46. The molecular formula is C18H18N2O. The summed E-state index contributed by atoms with van der Waals surface area (Å²) in [5, 5.41) is 9.49. The van der Waals surface area contributed by atoms with Crippen molar-refractivity contribution in [2.75, 3.05) is 0 Å². The summed E-state index contributed by atoms with van der Waals surface area (Å²) in [7, 11) is 0. The lowest BCUT2D eigenvalue weighted by Gasteiger charge is -2.20. The summed E-state index contributed by atoms with van der Waals surface area (Å²) in [4.78, 5) is 4.53. The van der Waals surface area contributed by atoms with Crippen LogP contribution in [0.1, 0.15) is 40.8 Å². The Labute approximate surface area is 125 Å². The summed E-state index contributed by atoms with van der Waals surface area (Å²) in [5.41, 5.74) is 5.13. The summed E-state index contributed by atoms with van der Waals surface area (Å²) in [6, 6.07) is 12.3. The predicted octanol–water partition coefficient (Wildman–Crippen LogP) is 3.72. The molecule has 0 radical (unpaired) electrons. The van der Waals surface area contributed by atoms with Gasteiger partial charge in [-0.3, -0.25) is 0 Å². The predicted molar refractivity (Wildman–Crippen MR) is 81.1 cm³/mol. The fourth-order valence-corrected chi connectivity index (χ4v) is 2.93. The number of ether oxygens (including phenoxy) is 1. The summed E-state index contributed by atoms with van der Waals surface area (Å²) in [5.74, 6) is 0.486. The fourth-order valence-electron chi connectivity index (χ4n) is 2.93. The van der Waals surface area contributed by atoms with E-state index in [-0.39, 0.29) is 0 Å². The van der Waals surface area contributed by atoms with Crippen LogP contribution in [0.2, 0.25) is 0 Å². The van der Waals surface area contributed by atoms with Gasteiger partial charge in [0.15, 0.2) is 0 Å². The number of rotatable bonds is 3. The van der Waals surface area contributed by atoms with E-state index in [1.165, 1.54) is 12.0 Å². The zero-order valence-corrected chi connectivity index (χ0v) is 12.2. The molecule has 0 spiro atoms. The van der Waals surface area contributed by atoms with Gasteiger partial charge in [0.1, 0.15) is 18.2 Å². The van der Waals surface area contributed by atoms with Crippen molar-refractivity contribution < 1.29 is 4.74 Å². The average molecular weight is 278 g/mol. The van der Waals surface area contributed by atoms with Crippen molar-refractivity contribution in [1.82, 2.24) is 4.98 Å². The molecule has 1 aromatic heterocycles. The van der Waals surface area contributed by atoms with Crippen LogP contribution in [0.4, 0.5) is 0 Å². The van der Waals surface area contributed by atoms with Crippen molar-refractivity contribution in [3.05, 3.63) is 58.3 Å². The Morgan fingerprint density at radius 2 is 1.86 bits per heavy atom. The smallest absolute Gasteiger partial charge is 0.232 e. The van der Waals surface area contributed by atoms with E-state index in [0.717, 1.165) is 36.1 Å². The van der Waals surface area contributed by atoms with Gasteiger partial charge in [0.2, 0.25) is 5.88 Å². The number of hydrogen-bond donors (Lipinski definition) is 0. The molecule has 0 bridgehead atoms. The Kier molecular flexibility index (Phi) is 3.87. The zero-order valence-electron chi connectivity index (χ0n) is 12.2. The highest BCUT2D eigenvalue weighted by molar-refractivity contribution is 5.51. The summed E-state index contributed by atoms with van der Waals surface area (Å²) < 4.78 is 5.83. The van der Waals surface area contributed by atoms with E-state index in [1.807, 2.05) is 37.3 Å². The molecule has 0 unspecified atom stereocenters. The Morgan fingerprint density at radius 3 is 2.57 bits per heavy atom. The molecule has 1 aliphatic carbocycles. The zero-order chi connectivity index (χ0) is 14.7. The van der Waals surface area contributed by atoms with Crippen LogP contribution in [0.15, 0.2) is 30.3 Å². The minimum atomic E-state index is 0.445. The maximum atomic E-state index is 9.49. The van der Waals surface area contributed by atoms with Crippen molar-refractivity contribution >= 4 is 0 Å². The largest absolute Gasteiger partial charge is 0.472 e. The van der Waals surface area contributed by atoms with Crippen LogP contribution < -0.4 is 4.74 Å². The number of pyridine rings is 1. The van der Waals surface area contributed by atoms with Gasteiger partial charge in [-0.1, -0.05) is 30.3 Å². The second kappa shape index (κ2) is 5.97. The summed E-state index contributed by atoms with van der Waals surface area (Å²) in [6.07, 6.45) is 4.32. The van der Waals surface area contributed by atoms with Gasteiger partial charge in [-0.15, -0.1) is 0 Å². The first kappa shape index (κ1) is 13.6. The molecule has 21 heavy (non-hydrogen) atoms. The van der Waals surface area contributed by atoms with Crippen LogP contribution in [0.5, 0.6) is 5.88 Å². The Morgan fingerprint density at radius 1 is 1.14 bits per heavy atom. The van der Waals surface area contributed by atoms with Gasteiger partial charge in [0, 0.05) is 5.69 Å². The molecule has 1 aromatic carbocycles. The maximum Gasteiger partial charge on any atom is 0.232 e. The van der Waals surface area contributed by atoms with E-state index < -0.39 is 0 Å². The van der Waals surface area contributed by atoms with Crippen molar-refractivity contribution in [2.45, 2.75) is 39.2 Å². The highest BCUT2D eigenvalue weighted by Crippen LogP contribution is 2.31. The van der Waals surface area contributed by atoms with Gasteiger partial charge in [-0.25, -0.2) is 4.98 Å². The van der Waals surface area contributed by atoms with Crippen LogP contribution in [0.3, 0.4) is 0 Å². The lowest BCUT2D eigenvalue weighted by Crippen LogP contribution is -2.11. The fraction of sp³-hybridized carbons (Fsp3) is 0.333. The van der Waals surface area contributed by atoms with Crippen LogP contribution in [0.25, 0.3) is 0 Å². The van der Waals surface area contributed by atoms with E-state index in [0.29, 0.717) is 18.1 Å². The second-order valence-corrected chi connectivity index (χ2v) is 5.43. The normalized spacial score (nSPS) is 13.3. The van der Waals surface area contributed by atoms with Crippen LogP contribution >= 0.6 is 0 Å². The molecule has 3 heteroatoms. The molecule has 3 rings (SSSR count). The third-order valence-corrected chi connectivity index (χ3v) is 4.02. The first-order valence-corrected chi connectivity index (χ1v) is 7.38. The van der Waals surface area contributed by atoms with E-state index in [9.17, 15) is 5.26 Å². The molecule has 0 fully saturated rings. The first-order chi connectivity index (χ1) is 10.3. The number of aromatic nitrogens is 1. The summed E-state index contributed by atoms with van der Waals surface area (Å²) >= 11 is 0. The Bertz CT molecular complexity index is 687. The standard InChI is InChI=1S/C18H18N2O/c1-13-15-9-5-6-10-16(15)17(11-19)18(20-13)21-12-14-7-3-2-4-8-14/h2-4,7-8H,5-6,9-10,12H2,1H3. The number of aryl methyl sites for hydroxylation is 1. The molecule has 106 valence electrons. The van der Waals surface area contributed by atoms with Crippen molar-refractivity contribution in [1.29, 1.82) is 5.26 Å². The van der Waals surface area contributed by atoms with Gasteiger partial charge in [-0.2, -0.15) is 5.26 Å². The second-order valence-electron chi connectivity index (χ2n) is 5.43. The average Bonchev–Trinajstić information content (AvgIpc) is 2.54. The Balaban J connectivity index is 1.92. The molecule has 1 aliphatic rings. The molecule has 0 N–H and O–H groups in total. The van der Waals surface area contributed by atoms with Gasteiger partial charge < -0.3 is 4.74 Å². The molecule has 0 atom stereocenters. The molecule has 0 saturated heterocycles. The number of hydrogen-bond acceptors (Lipinski definition) is 3. The third-order valence-electron chi connectivity index (χ3n) is 4.02. The quantitative estimate of drug-likeness (QED) is 0.859. The molecule has 0 aliphatic heterocycles. The molecule has 3 nitrogen and oxygen atoms in total. The highest BCUT2D eigenvalue weighted by atomic mass is 16.5. The van der Waals surface area contributed by atoms with E-state index in [1.54, 1.807) is 0 Å². The lowest BCUT2D eigenvalue weighted by molar-refractivity contribution is 0.291. The topological polar surface area (TPSA) is 45.9 Å². The maximum absolute atomic E-state index is 9.49. The van der Waals surface area contributed by atoms with Gasteiger partial charge in [0.25, 0.3) is 0 Å². The van der Waals surface area contributed by atoms with Crippen molar-refractivity contribution in [3.8, 4) is 11.9 Å². The molecule has 2 aromatic rings.